The van der Waals surface area contributed by atoms with Gasteiger partial charge in [-0.2, -0.15) is 0 Å². The van der Waals surface area contributed by atoms with E-state index >= 15 is 0 Å². The molecule has 30 heavy (non-hydrogen) atoms. The van der Waals surface area contributed by atoms with Crippen molar-refractivity contribution in [3.05, 3.63) is 45.3 Å². The molecule has 0 saturated carbocycles. The molecule has 2 saturated heterocycles. The van der Waals surface area contributed by atoms with Gasteiger partial charge >= 0.3 is 6.09 Å². The van der Waals surface area contributed by atoms with E-state index in [1.807, 2.05) is 6.92 Å². The summed E-state index contributed by atoms with van der Waals surface area (Å²) in [7, 11) is 0. The van der Waals surface area contributed by atoms with Gasteiger partial charge in [-0.15, -0.1) is 0 Å². The van der Waals surface area contributed by atoms with Crippen molar-refractivity contribution in [2.75, 3.05) is 45.9 Å². The normalized spacial score (nSPS) is 21.1. The lowest BCUT2D eigenvalue weighted by molar-refractivity contribution is 0.0411. The minimum absolute atomic E-state index is 0.0103. The minimum Gasteiger partial charge on any atom is -0.464 e. The maximum atomic E-state index is 12.9. The van der Waals surface area contributed by atoms with Crippen LogP contribution in [0.5, 0.6) is 0 Å². The van der Waals surface area contributed by atoms with E-state index in [4.69, 9.17) is 20.8 Å². The second-order valence-electron chi connectivity index (χ2n) is 7.98. The standard InChI is InChI=1S/C22H28ClN3O4/c1-2-29-22(28)26-10-8-25(9-11-26)18-4-3-7-24(14-18)13-16-15-30-20-6-5-17(23)12-19(20)21(16)27/h5-6,12,15,18H,2-4,7-11,13-14H2,1H3. The highest BCUT2D eigenvalue weighted by atomic mass is 35.5. The first-order valence-corrected chi connectivity index (χ1v) is 11.0. The Bertz CT molecular complexity index is 955. The first-order valence-electron chi connectivity index (χ1n) is 10.6. The Kier molecular flexibility index (Phi) is 6.61. The van der Waals surface area contributed by atoms with E-state index in [0.29, 0.717) is 53.8 Å². The van der Waals surface area contributed by atoms with Crippen LogP contribution in [-0.4, -0.2) is 72.7 Å². The molecule has 1 aromatic heterocycles. The van der Waals surface area contributed by atoms with Crippen LogP contribution >= 0.6 is 11.6 Å². The number of nitrogens with zero attached hydrogens (tertiary/aromatic N) is 3. The van der Waals surface area contributed by atoms with E-state index in [1.54, 1.807) is 29.4 Å². The number of rotatable bonds is 4. The number of fused-ring (bicyclic) bond motifs is 1. The predicted octanol–water partition coefficient (Wildman–Crippen LogP) is 3.18. The van der Waals surface area contributed by atoms with Gasteiger partial charge < -0.3 is 14.1 Å². The van der Waals surface area contributed by atoms with Crippen LogP contribution in [0.2, 0.25) is 5.02 Å². The van der Waals surface area contributed by atoms with Crippen LogP contribution in [0.4, 0.5) is 4.79 Å². The number of halogens is 1. The average molecular weight is 434 g/mol. The second kappa shape index (κ2) is 9.37. The zero-order valence-electron chi connectivity index (χ0n) is 17.3. The molecule has 2 aliphatic heterocycles. The van der Waals surface area contributed by atoms with E-state index in [9.17, 15) is 9.59 Å². The van der Waals surface area contributed by atoms with Crippen LogP contribution in [0, 0.1) is 0 Å². The molecule has 2 aliphatic rings. The third-order valence-electron chi connectivity index (χ3n) is 6.04. The van der Waals surface area contributed by atoms with E-state index in [2.05, 4.69) is 9.80 Å². The van der Waals surface area contributed by atoms with Gasteiger partial charge in [-0.05, 0) is 44.5 Å². The lowest BCUT2D eigenvalue weighted by Gasteiger charge is -2.43. The fourth-order valence-electron chi connectivity index (χ4n) is 4.45. The first-order chi connectivity index (χ1) is 14.5. The maximum absolute atomic E-state index is 12.9. The molecule has 2 aromatic rings. The van der Waals surface area contributed by atoms with Crippen LogP contribution in [-0.2, 0) is 11.3 Å². The zero-order valence-corrected chi connectivity index (χ0v) is 18.1. The van der Waals surface area contributed by atoms with Gasteiger partial charge in [-0.25, -0.2) is 4.79 Å². The van der Waals surface area contributed by atoms with Gasteiger partial charge in [0.05, 0.1) is 18.3 Å². The highest BCUT2D eigenvalue weighted by molar-refractivity contribution is 6.31. The van der Waals surface area contributed by atoms with E-state index < -0.39 is 0 Å². The third-order valence-corrected chi connectivity index (χ3v) is 6.27. The predicted molar refractivity (Wildman–Crippen MR) is 116 cm³/mol. The van der Waals surface area contributed by atoms with E-state index in [-0.39, 0.29) is 11.5 Å². The molecule has 1 atom stereocenters. The first kappa shape index (κ1) is 21.2. The summed E-state index contributed by atoms with van der Waals surface area (Å²) in [5.74, 6) is 0. The van der Waals surface area contributed by atoms with Crippen molar-refractivity contribution in [1.29, 1.82) is 0 Å². The maximum Gasteiger partial charge on any atom is 0.409 e. The number of piperidine rings is 1. The lowest BCUT2D eigenvalue weighted by Crippen LogP contribution is -2.56. The van der Waals surface area contributed by atoms with Crippen molar-refractivity contribution in [3.8, 4) is 0 Å². The monoisotopic (exact) mass is 433 g/mol. The number of hydrogen-bond acceptors (Lipinski definition) is 6. The molecule has 1 unspecified atom stereocenters. The van der Waals surface area contributed by atoms with Gasteiger partial charge in [0.2, 0.25) is 0 Å². The van der Waals surface area contributed by atoms with Crippen LogP contribution < -0.4 is 5.43 Å². The zero-order chi connectivity index (χ0) is 21.1. The Labute approximate surface area is 181 Å². The Morgan fingerprint density at radius 2 is 2.03 bits per heavy atom. The fraction of sp³-hybridized carbons (Fsp3) is 0.545. The largest absolute Gasteiger partial charge is 0.464 e. The van der Waals surface area contributed by atoms with Crippen molar-refractivity contribution in [2.45, 2.75) is 32.4 Å². The summed E-state index contributed by atoms with van der Waals surface area (Å²) < 4.78 is 10.8. The molecule has 4 rings (SSSR count). The molecular weight excluding hydrogens is 406 g/mol. The molecule has 2 fully saturated rings. The number of amides is 1. The highest BCUT2D eigenvalue weighted by Gasteiger charge is 2.30. The molecule has 0 radical (unpaired) electrons. The topological polar surface area (TPSA) is 66.2 Å². The van der Waals surface area contributed by atoms with Crippen molar-refractivity contribution >= 4 is 28.7 Å². The number of benzene rings is 1. The van der Waals surface area contributed by atoms with Gasteiger partial charge in [0, 0.05) is 55.9 Å². The summed E-state index contributed by atoms with van der Waals surface area (Å²) in [6.07, 6.45) is 3.59. The molecule has 0 aliphatic carbocycles. The van der Waals surface area contributed by atoms with Crippen molar-refractivity contribution in [2.24, 2.45) is 0 Å². The van der Waals surface area contributed by atoms with Crippen molar-refractivity contribution in [1.82, 2.24) is 14.7 Å². The summed E-state index contributed by atoms with van der Waals surface area (Å²) in [5.41, 5.74) is 1.21. The molecule has 8 heteroatoms. The molecule has 1 amide bonds. The summed E-state index contributed by atoms with van der Waals surface area (Å²) in [5, 5.41) is 1.07. The summed E-state index contributed by atoms with van der Waals surface area (Å²) in [6.45, 7) is 7.79. The van der Waals surface area contributed by atoms with E-state index in [1.165, 1.54) is 0 Å². The summed E-state index contributed by atoms with van der Waals surface area (Å²) >= 11 is 6.06. The van der Waals surface area contributed by atoms with Crippen LogP contribution in [0.3, 0.4) is 0 Å². The number of carbonyl (C=O) groups is 1. The van der Waals surface area contributed by atoms with Gasteiger partial charge in [-0.1, -0.05) is 11.6 Å². The Morgan fingerprint density at radius 1 is 1.23 bits per heavy atom. The van der Waals surface area contributed by atoms with Gasteiger partial charge in [0.15, 0.2) is 5.43 Å². The molecule has 0 bridgehead atoms. The number of hydrogen-bond donors (Lipinski definition) is 0. The fourth-order valence-corrected chi connectivity index (χ4v) is 4.62. The van der Waals surface area contributed by atoms with Crippen LogP contribution in [0.15, 0.2) is 33.7 Å². The minimum atomic E-state index is -0.217. The number of ether oxygens (including phenoxy) is 1. The second-order valence-corrected chi connectivity index (χ2v) is 8.42. The molecule has 0 spiro atoms. The number of piperazine rings is 1. The van der Waals surface area contributed by atoms with Gasteiger partial charge in [0.25, 0.3) is 0 Å². The molecule has 1 aromatic carbocycles. The Balaban J connectivity index is 1.38. The Morgan fingerprint density at radius 3 is 2.80 bits per heavy atom. The third kappa shape index (κ3) is 4.63. The number of carbonyl (C=O) groups excluding carboxylic acids is 1. The lowest BCUT2D eigenvalue weighted by atomic mass is 10.0. The van der Waals surface area contributed by atoms with Crippen LogP contribution in [0.1, 0.15) is 25.3 Å². The molecule has 7 nitrogen and oxygen atoms in total. The van der Waals surface area contributed by atoms with Gasteiger partial charge in [-0.3, -0.25) is 14.6 Å². The Hall–Kier alpha value is -2.09. The quantitative estimate of drug-likeness (QED) is 0.737. The average Bonchev–Trinajstić information content (AvgIpc) is 2.76. The van der Waals surface area contributed by atoms with Gasteiger partial charge in [0.1, 0.15) is 5.58 Å². The van der Waals surface area contributed by atoms with Crippen molar-refractivity contribution in [3.63, 3.8) is 0 Å². The van der Waals surface area contributed by atoms with E-state index in [0.717, 1.165) is 39.0 Å². The smallest absolute Gasteiger partial charge is 0.409 e. The molecular formula is C22H28ClN3O4. The van der Waals surface area contributed by atoms with Crippen molar-refractivity contribution < 1.29 is 13.9 Å². The number of likely N-dealkylation sites (tertiary alicyclic amines) is 1. The van der Waals surface area contributed by atoms with Crippen LogP contribution in [0.25, 0.3) is 11.0 Å². The highest BCUT2D eigenvalue weighted by Crippen LogP contribution is 2.21. The SMILES string of the molecule is CCOC(=O)N1CCN(C2CCCN(Cc3coc4ccc(Cl)cc4c3=O)C2)CC1. The molecule has 162 valence electrons. The summed E-state index contributed by atoms with van der Waals surface area (Å²) in [6, 6.07) is 5.57. The molecule has 0 N–H and O–H groups in total. The summed E-state index contributed by atoms with van der Waals surface area (Å²) in [4.78, 5) is 31.4. The molecule has 3 heterocycles.